The van der Waals surface area contributed by atoms with E-state index in [9.17, 15) is 4.39 Å². The van der Waals surface area contributed by atoms with Crippen molar-refractivity contribution in [3.8, 4) is 11.1 Å². The van der Waals surface area contributed by atoms with Gasteiger partial charge in [-0.3, -0.25) is 0 Å². The molecule has 4 heteroatoms. The number of nitrogens with zero attached hydrogens (tertiary/aromatic N) is 2. The number of benzene rings is 2. The highest BCUT2D eigenvalue weighted by molar-refractivity contribution is 6.34. The van der Waals surface area contributed by atoms with Crippen molar-refractivity contribution < 1.29 is 4.39 Å². The van der Waals surface area contributed by atoms with Crippen LogP contribution in [0, 0.1) is 5.82 Å². The Labute approximate surface area is 108 Å². The zero-order chi connectivity index (χ0) is 12.5. The van der Waals surface area contributed by atoms with Crippen LogP contribution in [0.5, 0.6) is 0 Å². The first-order valence-corrected chi connectivity index (χ1v) is 5.78. The van der Waals surface area contributed by atoms with Gasteiger partial charge in [-0.25, -0.2) is 14.4 Å². The molecule has 0 radical (unpaired) electrons. The van der Waals surface area contributed by atoms with Gasteiger partial charge in [0, 0.05) is 5.39 Å². The lowest BCUT2D eigenvalue weighted by molar-refractivity contribution is 0.628. The summed E-state index contributed by atoms with van der Waals surface area (Å²) < 4.78 is 12.9. The van der Waals surface area contributed by atoms with Crippen LogP contribution >= 0.6 is 11.6 Å². The molecule has 0 amide bonds. The lowest BCUT2D eigenvalue weighted by Crippen LogP contribution is -1.85. The molecule has 2 aromatic carbocycles. The lowest BCUT2D eigenvalue weighted by Gasteiger charge is -2.04. The summed E-state index contributed by atoms with van der Waals surface area (Å²) in [4.78, 5) is 8.10. The van der Waals surface area contributed by atoms with E-state index in [0.29, 0.717) is 5.15 Å². The number of hydrogen-bond acceptors (Lipinski definition) is 2. The van der Waals surface area contributed by atoms with Gasteiger partial charge in [0.15, 0.2) is 0 Å². The summed E-state index contributed by atoms with van der Waals surface area (Å²) in [5.41, 5.74) is 2.68. The Balaban J connectivity index is 2.16. The Morgan fingerprint density at radius 3 is 2.39 bits per heavy atom. The fourth-order valence-corrected chi connectivity index (χ4v) is 2.05. The molecule has 0 spiro atoms. The minimum atomic E-state index is -0.245. The molecule has 88 valence electrons. The van der Waals surface area contributed by atoms with Crippen LogP contribution in [0.2, 0.25) is 5.15 Å². The first kappa shape index (κ1) is 11.1. The summed E-state index contributed by atoms with van der Waals surface area (Å²) in [6.45, 7) is 0. The van der Waals surface area contributed by atoms with Gasteiger partial charge in [-0.05, 0) is 35.4 Å². The molecule has 3 aromatic rings. The quantitative estimate of drug-likeness (QED) is 0.615. The fourth-order valence-electron chi connectivity index (χ4n) is 1.85. The van der Waals surface area contributed by atoms with Gasteiger partial charge in [0.1, 0.15) is 17.3 Å². The van der Waals surface area contributed by atoms with E-state index in [-0.39, 0.29) is 5.82 Å². The van der Waals surface area contributed by atoms with Gasteiger partial charge < -0.3 is 0 Å². The number of rotatable bonds is 1. The molecule has 0 N–H and O–H groups in total. The first-order valence-electron chi connectivity index (χ1n) is 5.40. The first-order chi connectivity index (χ1) is 8.74. The van der Waals surface area contributed by atoms with E-state index in [1.54, 1.807) is 12.1 Å². The van der Waals surface area contributed by atoms with E-state index in [1.165, 1.54) is 18.5 Å². The van der Waals surface area contributed by atoms with Crippen molar-refractivity contribution in [3.05, 3.63) is 59.8 Å². The van der Waals surface area contributed by atoms with E-state index in [4.69, 9.17) is 11.6 Å². The summed E-state index contributed by atoms with van der Waals surface area (Å²) in [6.07, 6.45) is 1.43. The fraction of sp³-hybridized carbons (Fsp3) is 0. The Hall–Kier alpha value is -2.00. The molecule has 0 unspecified atom stereocenters. The van der Waals surface area contributed by atoms with Gasteiger partial charge in [0.05, 0.1) is 5.52 Å². The van der Waals surface area contributed by atoms with Crippen LogP contribution in [0.1, 0.15) is 0 Å². The topological polar surface area (TPSA) is 25.8 Å². The maximum atomic E-state index is 12.9. The molecule has 0 aliphatic rings. The Morgan fingerprint density at radius 1 is 0.889 bits per heavy atom. The van der Waals surface area contributed by atoms with E-state index >= 15 is 0 Å². The second kappa shape index (κ2) is 4.35. The molecular formula is C14H8ClFN2. The van der Waals surface area contributed by atoms with Crippen molar-refractivity contribution in [2.75, 3.05) is 0 Å². The highest BCUT2D eigenvalue weighted by Crippen LogP contribution is 2.26. The third-order valence-corrected chi connectivity index (χ3v) is 3.07. The SMILES string of the molecule is Fc1ccc(-c2ccc3c(Cl)ncnc3c2)cc1. The molecule has 0 saturated heterocycles. The van der Waals surface area contributed by atoms with E-state index in [0.717, 1.165) is 22.0 Å². The molecule has 0 aliphatic carbocycles. The molecule has 2 nitrogen and oxygen atoms in total. The molecule has 0 atom stereocenters. The molecule has 1 aromatic heterocycles. The van der Waals surface area contributed by atoms with Gasteiger partial charge in [-0.2, -0.15) is 0 Å². The number of hydrogen-bond donors (Lipinski definition) is 0. The predicted octanol–water partition coefficient (Wildman–Crippen LogP) is 4.09. The summed E-state index contributed by atoms with van der Waals surface area (Å²) in [7, 11) is 0. The largest absolute Gasteiger partial charge is 0.236 e. The molecule has 1 heterocycles. The minimum Gasteiger partial charge on any atom is -0.236 e. The molecule has 0 bridgehead atoms. The van der Waals surface area contributed by atoms with Crippen molar-refractivity contribution in [2.45, 2.75) is 0 Å². The molecule has 18 heavy (non-hydrogen) atoms. The molecule has 0 fully saturated rings. The summed E-state index contributed by atoms with van der Waals surface area (Å²) in [5.74, 6) is -0.245. The zero-order valence-electron chi connectivity index (χ0n) is 9.27. The van der Waals surface area contributed by atoms with Crippen molar-refractivity contribution in [3.63, 3.8) is 0 Å². The van der Waals surface area contributed by atoms with Crippen LogP contribution in [-0.4, -0.2) is 9.97 Å². The van der Waals surface area contributed by atoms with Gasteiger partial charge in [0.25, 0.3) is 0 Å². The second-order valence-electron chi connectivity index (χ2n) is 3.90. The average Bonchev–Trinajstić information content (AvgIpc) is 2.39. The van der Waals surface area contributed by atoms with Crippen LogP contribution in [0.15, 0.2) is 48.8 Å². The van der Waals surface area contributed by atoms with Gasteiger partial charge >= 0.3 is 0 Å². The van der Waals surface area contributed by atoms with Crippen molar-refractivity contribution in [2.24, 2.45) is 0 Å². The summed E-state index contributed by atoms with van der Waals surface area (Å²) in [5, 5.41) is 1.25. The van der Waals surface area contributed by atoms with E-state index in [2.05, 4.69) is 9.97 Å². The van der Waals surface area contributed by atoms with E-state index in [1.807, 2.05) is 18.2 Å². The normalized spacial score (nSPS) is 10.8. The third-order valence-electron chi connectivity index (χ3n) is 2.77. The summed E-state index contributed by atoms with van der Waals surface area (Å²) in [6, 6.07) is 12.1. The van der Waals surface area contributed by atoms with Gasteiger partial charge in [0.2, 0.25) is 0 Å². The third kappa shape index (κ3) is 1.93. The van der Waals surface area contributed by atoms with Crippen LogP contribution in [-0.2, 0) is 0 Å². The molecular weight excluding hydrogens is 251 g/mol. The van der Waals surface area contributed by atoms with Gasteiger partial charge in [-0.1, -0.05) is 29.8 Å². The number of halogens is 2. The Morgan fingerprint density at radius 2 is 1.61 bits per heavy atom. The van der Waals surface area contributed by atoms with Crippen molar-refractivity contribution >= 4 is 22.5 Å². The second-order valence-corrected chi connectivity index (χ2v) is 4.26. The minimum absolute atomic E-state index is 0.245. The monoisotopic (exact) mass is 258 g/mol. The van der Waals surface area contributed by atoms with Crippen molar-refractivity contribution in [1.29, 1.82) is 0 Å². The molecule has 0 saturated carbocycles. The lowest BCUT2D eigenvalue weighted by atomic mass is 10.0. The highest BCUT2D eigenvalue weighted by atomic mass is 35.5. The number of fused-ring (bicyclic) bond motifs is 1. The smallest absolute Gasteiger partial charge is 0.140 e. The van der Waals surface area contributed by atoms with Gasteiger partial charge in [-0.15, -0.1) is 0 Å². The zero-order valence-corrected chi connectivity index (χ0v) is 10.0. The molecule has 3 rings (SSSR count). The van der Waals surface area contributed by atoms with Crippen LogP contribution in [0.25, 0.3) is 22.0 Å². The van der Waals surface area contributed by atoms with E-state index < -0.39 is 0 Å². The maximum absolute atomic E-state index is 12.9. The van der Waals surface area contributed by atoms with Crippen molar-refractivity contribution in [1.82, 2.24) is 9.97 Å². The van der Waals surface area contributed by atoms with Crippen LogP contribution in [0.3, 0.4) is 0 Å². The number of aromatic nitrogens is 2. The maximum Gasteiger partial charge on any atom is 0.140 e. The Kier molecular flexibility index (Phi) is 2.68. The average molecular weight is 259 g/mol. The predicted molar refractivity (Wildman–Crippen MR) is 69.9 cm³/mol. The van der Waals surface area contributed by atoms with Crippen LogP contribution in [0.4, 0.5) is 4.39 Å². The summed E-state index contributed by atoms with van der Waals surface area (Å²) >= 11 is 5.98. The molecule has 0 aliphatic heterocycles. The Bertz CT molecular complexity index is 711. The van der Waals surface area contributed by atoms with Crippen LogP contribution < -0.4 is 0 Å². The highest BCUT2D eigenvalue weighted by Gasteiger charge is 2.04. The standard InChI is InChI=1S/C14H8ClFN2/c15-14-12-6-3-10(7-13(12)17-8-18-14)9-1-4-11(16)5-2-9/h1-8H.